The fraction of sp³-hybridized carbons (Fsp3) is 0.103. The Bertz CT molecular complexity index is 1580. The van der Waals surface area contributed by atoms with Gasteiger partial charge in [-0.1, -0.05) is 30.3 Å². The number of anilines is 3. The summed E-state index contributed by atoms with van der Waals surface area (Å²) in [4.78, 5) is 3.62. The first-order valence-electron chi connectivity index (χ1n) is 11.4. The molecule has 1 N–H and O–H groups in total. The zero-order valence-corrected chi connectivity index (χ0v) is 21.6. The van der Waals surface area contributed by atoms with Gasteiger partial charge in [-0.25, -0.2) is 0 Å². The van der Waals surface area contributed by atoms with Gasteiger partial charge in [-0.05, 0) is 67.1 Å². The van der Waals surface area contributed by atoms with Crippen LogP contribution in [0.1, 0.15) is 4.88 Å². The Morgan fingerprint density at radius 3 is 2.17 bits per heavy atom. The zero-order chi connectivity index (χ0) is 23.8. The van der Waals surface area contributed by atoms with Gasteiger partial charge in [-0.2, -0.15) is 0 Å². The van der Waals surface area contributed by atoms with E-state index in [4.69, 9.17) is 9.84 Å². The highest BCUT2D eigenvalue weighted by molar-refractivity contribution is 7.38. The van der Waals surface area contributed by atoms with Crippen LogP contribution in [0.25, 0.3) is 29.9 Å². The van der Waals surface area contributed by atoms with Gasteiger partial charge < -0.3 is 14.7 Å². The second-order valence-electron chi connectivity index (χ2n) is 8.24. The number of para-hydroxylation sites is 1. The zero-order valence-electron chi connectivity index (χ0n) is 19.1. The van der Waals surface area contributed by atoms with Crippen molar-refractivity contribution in [2.75, 3.05) is 18.1 Å². The highest BCUT2D eigenvalue weighted by Gasteiger charge is 2.16. The van der Waals surface area contributed by atoms with Crippen LogP contribution in [0.3, 0.4) is 0 Å². The molecular weight excluding hydrogens is 491 g/mol. The van der Waals surface area contributed by atoms with Gasteiger partial charge in [0.15, 0.2) is 0 Å². The molecule has 0 unspecified atom stereocenters. The minimum atomic E-state index is 0.00392. The number of hydrogen-bond donors (Lipinski definition) is 1. The molecule has 3 aromatic heterocycles. The molecule has 0 radical (unpaired) electrons. The third-order valence-corrected chi connectivity index (χ3v) is 9.51. The minimum Gasteiger partial charge on any atom is -0.491 e. The number of aliphatic hydroxyl groups excluding tert-OH is 1. The molecule has 6 aromatic rings. The Hall–Kier alpha value is -3.16. The summed E-state index contributed by atoms with van der Waals surface area (Å²) in [6, 6.07) is 29.5. The van der Waals surface area contributed by atoms with E-state index in [1.165, 1.54) is 34.8 Å². The molecule has 0 saturated carbocycles. The van der Waals surface area contributed by atoms with Gasteiger partial charge in [0.1, 0.15) is 12.4 Å². The number of thiophene rings is 3. The van der Waals surface area contributed by atoms with E-state index in [9.17, 15) is 0 Å². The lowest BCUT2D eigenvalue weighted by Crippen LogP contribution is -2.10. The maximum absolute atomic E-state index is 9.02. The normalized spacial score (nSPS) is 11.4. The summed E-state index contributed by atoms with van der Waals surface area (Å²) < 4.78 is 11.2. The van der Waals surface area contributed by atoms with Gasteiger partial charge in [-0.15, -0.1) is 34.0 Å². The summed E-state index contributed by atoms with van der Waals surface area (Å²) >= 11 is 5.65. The Balaban J connectivity index is 1.36. The first kappa shape index (κ1) is 22.3. The molecular formula is C29H23NO2S3. The van der Waals surface area contributed by atoms with Crippen molar-refractivity contribution in [2.45, 2.75) is 6.92 Å². The molecule has 0 aliphatic rings. The van der Waals surface area contributed by atoms with Gasteiger partial charge in [-0.3, -0.25) is 0 Å². The van der Waals surface area contributed by atoms with Gasteiger partial charge in [0.2, 0.25) is 0 Å². The molecule has 0 aliphatic carbocycles. The Kier molecular flexibility index (Phi) is 6.04. The standard InChI is InChI=1S/C29H23NO2S3/c1-19-17-26-28(34-19)29-27(35-26)25(18-33-29)20-7-9-22(10-8-20)30(21-5-3-2-4-6-21)23-11-13-24(14-12-23)32-16-15-31/h2-14,17-18,31H,15-16H2,1H3. The van der Waals surface area contributed by atoms with E-state index < -0.39 is 0 Å². The van der Waals surface area contributed by atoms with Crippen molar-refractivity contribution >= 4 is 69.9 Å². The van der Waals surface area contributed by atoms with E-state index in [0.717, 1.165) is 22.8 Å². The maximum Gasteiger partial charge on any atom is 0.119 e. The molecule has 35 heavy (non-hydrogen) atoms. The van der Waals surface area contributed by atoms with E-state index >= 15 is 0 Å². The van der Waals surface area contributed by atoms with Crippen molar-refractivity contribution in [3.05, 3.63) is 95.2 Å². The highest BCUT2D eigenvalue weighted by atomic mass is 32.1. The monoisotopic (exact) mass is 513 g/mol. The van der Waals surface area contributed by atoms with E-state index in [1.54, 1.807) is 0 Å². The fourth-order valence-electron chi connectivity index (χ4n) is 4.31. The van der Waals surface area contributed by atoms with Crippen LogP contribution >= 0.6 is 34.0 Å². The number of rotatable bonds is 7. The third kappa shape index (κ3) is 4.23. The molecule has 0 saturated heterocycles. The number of fused-ring (bicyclic) bond motifs is 3. The van der Waals surface area contributed by atoms with Crippen molar-refractivity contribution in [1.29, 1.82) is 0 Å². The molecule has 0 bridgehead atoms. The molecule has 6 heteroatoms. The van der Waals surface area contributed by atoms with E-state index in [-0.39, 0.29) is 6.61 Å². The van der Waals surface area contributed by atoms with Gasteiger partial charge in [0.05, 0.1) is 20.7 Å². The lowest BCUT2D eigenvalue weighted by Gasteiger charge is -2.25. The molecule has 0 atom stereocenters. The van der Waals surface area contributed by atoms with Crippen LogP contribution in [0.15, 0.2) is 90.3 Å². The Morgan fingerprint density at radius 2 is 1.46 bits per heavy atom. The second-order valence-corrected chi connectivity index (χ2v) is 11.4. The summed E-state index contributed by atoms with van der Waals surface area (Å²) in [7, 11) is 0. The van der Waals surface area contributed by atoms with Crippen LogP contribution in [-0.2, 0) is 0 Å². The van der Waals surface area contributed by atoms with Gasteiger partial charge in [0, 0.05) is 37.6 Å². The van der Waals surface area contributed by atoms with E-state index in [2.05, 4.69) is 83.9 Å². The second kappa shape index (κ2) is 9.47. The van der Waals surface area contributed by atoms with Crippen LogP contribution < -0.4 is 9.64 Å². The molecule has 0 spiro atoms. The third-order valence-electron chi connectivity index (χ3n) is 5.89. The van der Waals surface area contributed by atoms with Crippen LogP contribution in [0.2, 0.25) is 0 Å². The van der Waals surface area contributed by atoms with Crippen LogP contribution in [-0.4, -0.2) is 18.3 Å². The van der Waals surface area contributed by atoms with Crippen molar-refractivity contribution in [1.82, 2.24) is 0 Å². The summed E-state index contributed by atoms with van der Waals surface area (Å²) in [5.41, 5.74) is 5.80. The number of nitrogens with zero attached hydrogens (tertiary/aromatic N) is 1. The minimum absolute atomic E-state index is 0.00392. The number of hydrogen-bond acceptors (Lipinski definition) is 6. The van der Waals surface area contributed by atoms with Crippen molar-refractivity contribution < 1.29 is 9.84 Å². The van der Waals surface area contributed by atoms with E-state index in [1.807, 2.05) is 52.2 Å². The molecule has 0 aliphatic heterocycles. The van der Waals surface area contributed by atoms with Crippen molar-refractivity contribution in [2.24, 2.45) is 0 Å². The quantitative estimate of drug-likeness (QED) is 0.231. The SMILES string of the molecule is Cc1cc2sc3c(-c4ccc(N(c5ccccc5)c5ccc(OCCO)cc5)cc4)csc3c2s1. The Labute approximate surface area is 216 Å². The van der Waals surface area contributed by atoms with Crippen molar-refractivity contribution in [3.63, 3.8) is 0 Å². The molecule has 0 fully saturated rings. The highest BCUT2D eigenvalue weighted by Crippen LogP contribution is 2.47. The number of aryl methyl sites for hydroxylation is 1. The van der Waals surface area contributed by atoms with E-state index in [0.29, 0.717) is 6.61 Å². The number of ether oxygens (including phenoxy) is 1. The average molecular weight is 514 g/mol. The molecule has 174 valence electrons. The maximum atomic E-state index is 9.02. The average Bonchev–Trinajstić information content (AvgIpc) is 3.56. The smallest absolute Gasteiger partial charge is 0.119 e. The lowest BCUT2D eigenvalue weighted by atomic mass is 10.1. The fourth-order valence-corrected chi connectivity index (χ4v) is 8.28. The number of aliphatic hydroxyl groups is 1. The van der Waals surface area contributed by atoms with Crippen molar-refractivity contribution in [3.8, 4) is 16.9 Å². The molecule has 3 nitrogen and oxygen atoms in total. The number of benzene rings is 3. The van der Waals surface area contributed by atoms with Gasteiger partial charge >= 0.3 is 0 Å². The van der Waals surface area contributed by atoms with Crippen LogP contribution in [0.5, 0.6) is 5.75 Å². The summed E-state index contributed by atoms with van der Waals surface area (Å²) in [6.07, 6.45) is 0. The Morgan fingerprint density at radius 1 is 0.771 bits per heavy atom. The molecule has 6 rings (SSSR count). The van der Waals surface area contributed by atoms with Crippen LogP contribution in [0.4, 0.5) is 17.1 Å². The lowest BCUT2D eigenvalue weighted by molar-refractivity contribution is 0.201. The predicted octanol–water partition coefficient (Wildman–Crippen LogP) is 8.99. The topological polar surface area (TPSA) is 32.7 Å². The van der Waals surface area contributed by atoms with Crippen LogP contribution in [0, 0.1) is 6.92 Å². The summed E-state index contributed by atoms with van der Waals surface area (Å²) in [5.74, 6) is 0.749. The van der Waals surface area contributed by atoms with Gasteiger partial charge in [0.25, 0.3) is 0 Å². The predicted molar refractivity (Wildman–Crippen MR) is 153 cm³/mol. The first-order chi connectivity index (χ1) is 17.2. The largest absolute Gasteiger partial charge is 0.491 e. The molecule has 3 aromatic carbocycles. The molecule has 0 amide bonds. The molecule has 3 heterocycles. The first-order valence-corrected chi connectivity index (χ1v) is 13.9. The summed E-state index contributed by atoms with van der Waals surface area (Å²) in [6.45, 7) is 2.48. The summed E-state index contributed by atoms with van der Waals surface area (Å²) in [5, 5.41) is 11.3.